The van der Waals surface area contributed by atoms with Gasteiger partial charge in [-0.25, -0.2) is 9.37 Å². The van der Waals surface area contributed by atoms with Crippen molar-refractivity contribution in [2.24, 2.45) is 0 Å². The minimum atomic E-state index is -0.327. The van der Waals surface area contributed by atoms with Crippen molar-refractivity contribution in [3.63, 3.8) is 0 Å². The third kappa shape index (κ3) is 2.00. The minimum absolute atomic E-state index is 0.237. The number of aromatic nitrogens is 1. The lowest BCUT2D eigenvalue weighted by Gasteiger charge is -2.00. The average Bonchev–Trinajstić information content (AvgIpc) is 2.76. The zero-order chi connectivity index (χ0) is 13.6. The molecule has 1 aromatic heterocycles. The molecule has 96 valence electrons. The van der Waals surface area contributed by atoms with Crippen LogP contribution in [0.3, 0.4) is 0 Å². The van der Waals surface area contributed by atoms with Gasteiger partial charge in [0.15, 0.2) is 5.58 Å². The highest BCUT2D eigenvalue weighted by Crippen LogP contribution is 2.32. The second-order valence-corrected chi connectivity index (χ2v) is 5.21. The molecule has 0 aliphatic rings. The predicted molar refractivity (Wildman–Crippen MR) is 76.3 cm³/mol. The molecule has 0 unspecified atom stereocenters. The zero-order valence-corrected chi connectivity index (χ0v) is 11.7. The van der Waals surface area contributed by atoms with E-state index >= 15 is 0 Å². The van der Waals surface area contributed by atoms with Crippen molar-refractivity contribution >= 4 is 32.7 Å². The Kier molecular flexibility index (Phi) is 2.78. The Morgan fingerprint density at radius 3 is 2.89 bits per heavy atom. The summed E-state index contributed by atoms with van der Waals surface area (Å²) in [4.78, 5) is 4.29. The standard InChI is InChI=1S/C14H10BrFN2O/c1-7-3-2-4-9(12(7)16)14-18-11-6-8(15)5-10(17)13(11)19-14/h2-6H,17H2,1H3. The van der Waals surface area contributed by atoms with Crippen LogP contribution in [0.1, 0.15) is 5.56 Å². The molecular formula is C14H10BrFN2O. The first-order valence-corrected chi connectivity index (χ1v) is 6.46. The third-order valence-corrected chi connectivity index (χ3v) is 3.36. The van der Waals surface area contributed by atoms with Gasteiger partial charge in [-0.2, -0.15) is 0 Å². The van der Waals surface area contributed by atoms with E-state index in [1.807, 2.05) is 0 Å². The molecule has 0 amide bonds. The van der Waals surface area contributed by atoms with E-state index in [1.54, 1.807) is 37.3 Å². The van der Waals surface area contributed by atoms with Gasteiger partial charge in [0.1, 0.15) is 11.3 Å². The Bertz CT molecular complexity index is 782. The molecule has 0 bridgehead atoms. The van der Waals surface area contributed by atoms with Gasteiger partial charge >= 0.3 is 0 Å². The van der Waals surface area contributed by atoms with Crippen molar-refractivity contribution in [1.82, 2.24) is 4.98 Å². The number of nitrogens with two attached hydrogens (primary N) is 1. The summed E-state index contributed by atoms with van der Waals surface area (Å²) < 4.78 is 20.4. The van der Waals surface area contributed by atoms with E-state index in [0.29, 0.717) is 27.9 Å². The highest BCUT2D eigenvalue weighted by molar-refractivity contribution is 9.10. The van der Waals surface area contributed by atoms with Crippen molar-refractivity contribution in [3.8, 4) is 11.5 Å². The number of hydrogen-bond donors (Lipinski definition) is 1. The van der Waals surface area contributed by atoms with Crippen LogP contribution in [0.2, 0.25) is 0 Å². The fourth-order valence-corrected chi connectivity index (χ4v) is 2.41. The van der Waals surface area contributed by atoms with Crippen molar-refractivity contribution in [1.29, 1.82) is 0 Å². The number of fused-ring (bicyclic) bond motifs is 1. The summed E-state index contributed by atoms with van der Waals surface area (Å²) in [5, 5.41) is 0. The Hall–Kier alpha value is -1.88. The van der Waals surface area contributed by atoms with E-state index in [0.717, 1.165) is 4.47 Å². The molecule has 0 atom stereocenters. The summed E-state index contributed by atoms with van der Waals surface area (Å²) >= 11 is 3.34. The van der Waals surface area contributed by atoms with Gasteiger partial charge in [-0.15, -0.1) is 0 Å². The van der Waals surface area contributed by atoms with Crippen molar-refractivity contribution in [2.75, 3.05) is 5.73 Å². The number of rotatable bonds is 1. The maximum absolute atomic E-state index is 14.1. The lowest BCUT2D eigenvalue weighted by atomic mass is 10.1. The maximum atomic E-state index is 14.1. The third-order valence-electron chi connectivity index (χ3n) is 2.91. The molecular weight excluding hydrogens is 311 g/mol. The molecule has 0 fully saturated rings. The summed E-state index contributed by atoms with van der Waals surface area (Å²) in [6.07, 6.45) is 0. The first kappa shape index (κ1) is 12.2. The van der Waals surface area contributed by atoms with Crippen LogP contribution in [-0.2, 0) is 0 Å². The molecule has 3 nitrogen and oxygen atoms in total. The highest BCUT2D eigenvalue weighted by Gasteiger charge is 2.15. The molecule has 5 heteroatoms. The van der Waals surface area contributed by atoms with Crippen LogP contribution in [0, 0.1) is 12.7 Å². The number of benzene rings is 2. The Labute approximate surface area is 117 Å². The second kappa shape index (κ2) is 4.35. The van der Waals surface area contributed by atoms with Crippen molar-refractivity contribution in [3.05, 3.63) is 46.2 Å². The van der Waals surface area contributed by atoms with E-state index in [-0.39, 0.29) is 11.7 Å². The van der Waals surface area contributed by atoms with Crippen LogP contribution < -0.4 is 5.73 Å². The van der Waals surface area contributed by atoms with Gasteiger partial charge in [0, 0.05) is 4.47 Å². The van der Waals surface area contributed by atoms with Crippen LogP contribution >= 0.6 is 15.9 Å². The normalized spacial score (nSPS) is 11.1. The fourth-order valence-electron chi connectivity index (χ4n) is 1.95. The summed E-state index contributed by atoms with van der Waals surface area (Å²) in [6.45, 7) is 1.70. The molecule has 2 aromatic carbocycles. The van der Waals surface area contributed by atoms with Crippen LogP contribution in [-0.4, -0.2) is 4.98 Å². The molecule has 0 spiro atoms. The summed E-state index contributed by atoms with van der Waals surface area (Å²) in [6, 6.07) is 8.61. The Morgan fingerprint density at radius 2 is 2.11 bits per heavy atom. The molecule has 0 saturated heterocycles. The number of oxazole rings is 1. The zero-order valence-electron chi connectivity index (χ0n) is 10.1. The van der Waals surface area contributed by atoms with Gasteiger partial charge in [-0.1, -0.05) is 28.1 Å². The number of aryl methyl sites for hydroxylation is 1. The van der Waals surface area contributed by atoms with Crippen LogP contribution in [0.5, 0.6) is 0 Å². The molecule has 3 aromatic rings. The Balaban J connectivity index is 2.26. The van der Waals surface area contributed by atoms with Gasteiger partial charge in [0.05, 0.1) is 11.3 Å². The summed E-state index contributed by atoms with van der Waals surface area (Å²) in [7, 11) is 0. The summed E-state index contributed by atoms with van der Waals surface area (Å²) in [5.41, 5.74) is 8.29. The van der Waals surface area contributed by atoms with E-state index in [2.05, 4.69) is 20.9 Å². The lowest BCUT2D eigenvalue weighted by molar-refractivity contribution is 0.590. The number of halogens is 2. The minimum Gasteiger partial charge on any atom is -0.434 e. The number of hydrogen-bond acceptors (Lipinski definition) is 3. The van der Waals surface area contributed by atoms with Gasteiger partial charge < -0.3 is 10.2 Å². The van der Waals surface area contributed by atoms with E-state index in [4.69, 9.17) is 10.2 Å². The number of anilines is 1. The van der Waals surface area contributed by atoms with Gasteiger partial charge in [0.25, 0.3) is 0 Å². The smallest absolute Gasteiger partial charge is 0.230 e. The lowest BCUT2D eigenvalue weighted by Crippen LogP contribution is -1.87. The summed E-state index contributed by atoms with van der Waals surface area (Å²) in [5.74, 6) is -0.0901. The van der Waals surface area contributed by atoms with E-state index in [9.17, 15) is 4.39 Å². The van der Waals surface area contributed by atoms with Crippen LogP contribution in [0.25, 0.3) is 22.6 Å². The van der Waals surface area contributed by atoms with Crippen LogP contribution in [0.15, 0.2) is 39.2 Å². The molecule has 0 aliphatic heterocycles. The second-order valence-electron chi connectivity index (χ2n) is 4.30. The number of nitrogens with zero attached hydrogens (tertiary/aromatic N) is 1. The molecule has 19 heavy (non-hydrogen) atoms. The van der Waals surface area contributed by atoms with Crippen molar-refractivity contribution in [2.45, 2.75) is 6.92 Å². The van der Waals surface area contributed by atoms with Gasteiger partial charge in [-0.05, 0) is 30.7 Å². The maximum Gasteiger partial charge on any atom is 0.230 e. The molecule has 0 saturated carbocycles. The number of nitrogen functional groups attached to an aromatic ring is 1. The average molecular weight is 321 g/mol. The SMILES string of the molecule is Cc1cccc(-c2nc3cc(Br)cc(N)c3o2)c1F. The molecule has 3 rings (SSSR count). The molecule has 2 N–H and O–H groups in total. The molecule has 1 heterocycles. The largest absolute Gasteiger partial charge is 0.434 e. The topological polar surface area (TPSA) is 52.0 Å². The monoisotopic (exact) mass is 320 g/mol. The molecule has 0 radical (unpaired) electrons. The highest BCUT2D eigenvalue weighted by atomic mass is 79.9. The van der Waals surface area contributed by atoms with Gasteiger partial charge in [-0.3, -0.25) is 0 Å². The van der Waals surface area contributed by atoms with Crippen LogP contribution in [0.4, 0.5) is 10.1 Å². The molecule has 0 aliphatic carbocycles. The quantitative estimate of drug-likeness (QED) is 0.680. The first-order chi connectivity index (χ1) is 9.06. The predicted octanol–water partition coefficient (Wildman–Crippen LogP) is 4.29. The van der Waals surface area contributed by atoms with E-state index in [1.165, 1.54) is 0 Å². The van der Waals surface area contributed by atoms with Gasteiger partial charge in [0.2, 0.25) is 5.89 Å². The Morgan fingerprint density at radius 1 is 1.32 bits per heavy atom. The van der Waals surface area contributed by atoms with Crippen molar-refractivity contribution < 1.29 is 8.81 Å². The van der Waals surface area contributed by atoms with E-state index < -0.39 is 0 Å². The first-order valence-electron chi connectivity index (χ1n) is 5.67. The fraction of sp³-hybridized carbons (Fsp3) is 0.0714.